The molecule has 21 heavy (non-hydrogen) atoms. The first-order chi connectivity index (χ1) is 10.0. The number of halogens is 3. The van der Waals surface area contributed by atoms with E-state index in [0.29, 0.717) is 5.56 Å². The Morgan fingerprint density at radius 3 is 2.05 bits per heavy atom. The number of anilines is 1. The molecular weight excluding hydrogens is 281 g/mol. The molecule has 2 aromatic carbocycles. The summed E-state index contributed by atoms with van der Waals surface area (Å²) in [6.07, 6.45) is 0. The van der Waals surface area contributed by atoms with Gasteiger partial charge in [0.15, 0.2) is 11.6 Å². The summed E-state index contributed by atoms with van der Waals surface area (Å²) in [6, 6.07) is 8.42. The van der Waals surface area contributed by atoms with E-state index in [1.807, 2.05) is 0 Å². The molecule has 106 valence electrons. The zero-order valence-corrected chi connectivity index (χ0v) is 10.6. The maximum atomic E-state index is 13.4. The normalized spacial score (nSPS) is 10.8. The largest absolute Gasteiger partial charge is 0.380 e. The minimum atomic E-state index is -0.740. The summed E-state index contributed by atoms with van der Waals surface area (Å²) in [5.41, 5.74) is 6.68. The van der Waals surface area contributed by atoms with Crippen LogP contribution in [0.15, 0.2) is 47.0 Å². The molecule has 0 saturated carbocycles. The standard InChI is InChI=1S/C15H9F3N2O/c16-10-3-1-8(2-4-10)14-13(15(19)20-21-14)9-5-11(17)7-12(18)6-9/h1-7H,(H2,19,20). The monoisotopic (exact) mass is 290 g/mol. The summed E-state index contributed by atoms with van der Waals surface area (Å²) in [5.74, 6) is -1.67. The first-order valence-electron chi connectivity index (χ1n) is 6.02. The van der Waals surface area contributed by atoms with E-state index in [2.05, 4.69) is 5.16 Å². The smallest absolute Gasteiger partial charge is 0.176 e. The Labute approximate surface area is 117 Å². The number of hydrogen-bond donors (Lipinski definition) is 1. The molecule has 0 aliphatic carbocycles. The Hall–Kier alpha value is -2.76. The number of rotatable bonds is 2. The fourth-order valence-electron chi connectivity index (χ4n) is 2.08. The van der Waals surface area contributed by atoms with Crippen molar-refractivity contribution in [3.63, 3.8) is 0 Å². The van der Waals surface area contributed by atoms with E-state index in [0.717, 1.165) is 18.2 Å². The third kappa shape index (κ3) is 2.47. The lowest BCUT2D eigenvalue weighted by Crippen LogP contribution is -1.91. The van der Waals surface area contributed by atoms with Gasteiger partial charge in [-0.1, -0.05) is 5.16 Å². The summed E-state index contributed by atoms with van der Waals surface area (Å²) < 4.78 is 44.8. The van der Waals surface area contributed by atoms with Crippen LogP contribution in [-0.2, 0) is 0 Å². The second-order valence-electron chi connectivity index (χ2n) is 4.44. The number of benzene rings is 2. The fourth-order valence-corrected chi connectivity index (χ4v) is 2.08. The molecule has 0 saturated heterocycles. The first-order valence-corrected chi connectivity index (χ1v) is 6.02. The van der Waals surface area contributed by atoms with Crippen LogP contribution in [0.5, 0.6) is 0 Å². The van der Waals surface area contributed by atoms with Crippen molar-refractivity contribution in [2.24, 2.45) is 0 Å². The Morgan fingerprint density at radius 1 is 0.810 bits per heavy atom. The lowest BCUT2D eigenvalue weighted by Gasteiger charge is -2.04. The van der Waals surface area contributed by atoms with Gasteiger partial charge in [-0.25, -0.2) is 13.2 Å². The zero-order chi connectivity index (χ0) is 15.0. The molecule has 3 rings (SSSR count). The zero-order valence-electron chi connectivity index (χ0n) is 10.6. The highest BCUT2D eigenvalue weighted by atomic mass is 19.1. The topological polar surface area (TPSA) is 52.0 Å². The Kier molecular flexibility index (Phi) is 3.13. The molecule has 1 aromatic heterocycles. The lowest BCUT2D eigenvalue weighted by molar-refractivity contribution is 0.436. The van der Waals surface area contributed by atoms with Crippen LogP contribution in [-0.4, -0.2) is 5.16 Å². The maximum Gasteiger partial charge on any atom is 0.176 e. The van der Waals surface area contributed by atoms with Crippen LogP contribution in [0.4, 0.5) is 19.0 Å². The van der Waals surface area contributed by atoms with Gasteiger partial charge in [0.2, 0.25) is 0 Å². The predicted octanol–water partition coefficient (Wildman–Crippen LogP) is 4.01. The first kappa shape index (κ1) is 13.2. The molecule has 0 atom stereocenters. The van der Waals surface area contributed by atoms with E-state index in [4.69, 9.17) is 10.3 Å². The number of hydrogen-bond acceptors (Lipinski definition) is 3. The van der Waals surface area contributed by atoms with E-state index in [1.54, 1.807) is 0 Å². The summed E-state index contributed by atoms with van der Waals surface area (Å²) >= 11 is 0. The molecular formula is C15H9F3N2O. The Balaban J connectivity index is 2.19. The van der Waals surface area contributed by atoms with Crippen LogP contribution in [0, 0.1) is 17.5 Å². The van der Waals surface area contributed by atoms with Crippen molar-refractivity contribution in [2.45, 2.75) is 0 Å². The molecule has 0 aliphatic heterocycles. The molecule has 0 amide bonds. The van der Waals surface area contributed by atoms with Crippen molar-refractivity contribution < 1.29 is 17.7 Å². The van der Waals surface area contributed by atoms with Crippen LogP contribution in [0.3, 0.4) is 0 Å². The lowest BCUT2D eigenvalue weighted by atomic mass is 10.0. The predicted molar refractivity (Wildman–Crippen MR) is 71.7 cm³/mol. The highest BCUT2D eigenvalue weighted by Gasteiger charge is 2.19. The second-order valence-corrected chi connectivity index (χ2v) is 4.44. The van der Waals surface area contributed by atoms with E-state index in [9.17, 15) is 13.2 Å². The average Bonchev–Trinajstić information content (AvgIpc) is 2.80. The molecule has 3 aromatic rings. The number of aromatic nitrogens is 1. The minimum absolute atomic E-state index is 0.000625. The SMILES string of the molecule is Nc1noc(-c2ccc(F)cc2)c1-c1cc(F)cc(F)c1. The molecule has 2 N–H and O–H groups in total. The molecule has 0 radical (unpaired) electrons. The Morgan fingerprint density at radius 2 is 1.43 bits per heavy atom. The number of nitrogens with two attached hydrogens (primary N) is 1. The van der Waals surface area contributed by atoms with Crippen LogP contribution in [0.25, 0.3) is 22.5 Å². The minimum Gasteiger partial charge on any atom is -0.380 e. The maximum absolute atomic E-state index is 13.4. The van der Waals surface area contributed by atoms with Gasteiger partial charge in [-0.2, -0.15) is 0 Å². The highest BCUT2D eigenvalue weighted by molar-refractivity contribution is 5.86. The summed E-state index contributed by atoms with van der Waals surface area (Å²) in [4.78, 5) is 0. The van der Waals surface area contributed by atoms with E-state index in [1.165, 1.54) is 24.3 Å². The van der Waals surface area contributed by atoms with E-state index < -0.39 is 17.5 Å². The van der Waals surface area contributed by atoms with Gasteiger partial charge in [0.05, 0.1) is 5.56 Å². The van der Waals surface area contributed by atoms with Crippen LogP contribution >= 0.6 is 0 Å². The van der Waals surface area contributed by atoms with Gasteiger partial charge in [-0.3, -0.25) is 0 Å². The molecule has 1 heterocycles. The summed E-state index contributed by atoms with van der Waals surface area (Å²) in [5, 5.41) is 3.62. The highest BCUT2D eigenvalue weighted by Crippen LogP contribution is 2.37. The second kappa shape index (κ2) is 4.97. The third-order valence-electron chi connectivity index (χ3n) is 2.98. The van der Waals surface area contributed by atoms with Gasteiger partial charge in [-0.15, -0.1) is 0 Å². The molecule has 0 fully saturated rings. The quantitative estimate of drug-likeness (QED) is 0.776. The molecule has 0 aliphatic rings. The van der Waals surface area contributed by atoms with Gasteiger partial charge in [0.1, 0.15) is 17.5 Å². The van der Waals surface area contributed by atoms with Crippen LogP contribution in [0.2, 0.25) is 0 Å². The van der Waals surface area contributed by atoms with Gasteiger partial charge >= 0.3 is 0 Å². The van der Waals surface area contributed by atoms with Crippen LogP contribution < -0.4 is 5.73 Å². The molecule has 0 bridgehead atoms. The number of nitrogens with zero attached hydrogens (tertiary/aromatic N) is 1. The van der Waals surface area contributed by atoms with Gasteiger partial charge in [-0.05, 0) is 42.0 Å². The average molecular weight is 290 g/mol. The van der Waals surface area contributed by atoms with Gasteiger partial charge < -0.3 is 10.3 Å². The summed E-state index contributed by atoms with van der Waals surface area (Å²) in [7, 11) is 0. The number of nitrogen functional groups attached to an aromatic ring is 1. The van der Waals surface area contributed by atoms with Crippen LogP contribution in [0.1, 0.15) is 0 Å². The fraction of sp³-hybridized carbons (Fsp3) is 0. The van der Waals surface area contributed by atoms with Crippen molar-refractivity contribution >= 4 is 5.82 Å². The van der Waals surface area contributed by atoms with Crippen molar-refractivity contribution in [1.29, 1.82) is 0 Å². The van der Waals surface area contributed by atoms with E-state index >= 15 is 0 Å². The van der Waals surface area contributed by atoms with Gasteiger partial charge in [0, 0.05) is 11.6 Å². The summed E-state index contributed by atoms with van der Waals surface area (Å²) in [6.45, 7) is 0. The van der Waals surface area contributed by atoms with Gasteiger partial charge in [0.25, 0.3) is 0 Å². The van der Waals surface area contributed by atoms with Crippen molar-refractivity contribution in [1.82, 2.24) is 5.16 Å². The van der Waals surface area contributed by atoms with Crippen molar-refractivity contribution in [2.75, 3.05) is 5.73 Å². The Bertz CT molecular complexity index is 777. The third-order valence-corrected chi connectivity index (χ3v) is 2.98. The molecule has 6 heteroatoms. The van der Waals surface area contributed by atoms with Crippen molar-refractivity contribution in [3.8, 4) is 22.5 Å². The van der Waals surface area contributed by atoms with Crippen molar-refractivity contribution in [3.05, 3.63) is 59.9 Å². The molecule has 0 unspecified atom stereocenters. The molecule has 3 nitrogen and oxygen atoms in total. The molecule has 0 spiro atoms. The van der Waals surface area contributed by atoms with E-state index in [-0.39, 0.29) is 22.7 Å².